The van der Waals surface area contributed by atoms with Crippen LogP contribution < -0.4 is 5.32 Å². The molecule has 1 aromatic carbocycles. The Morgan fingerprint density at radius 3 is 2.59 bits per heavy atom. The van der Waals surface area contributed by atoms with E-state index in [0.29, 0.717) is 29.2 Å². The topological polar surface area (TPSA) is 126 Å². The molecule has 1 aliphatic rings. The molecule has 0 bridgehead atoms. The van der Waals surface area contributed by atoms with Gasteiger partial charge in [0.25, 0.3) is 0 Å². The van der Waals surface area contributed by atoms with Gasteiger partial charge in [-0.2, -0.15) is 18.3 Å². The second kappa shape index (κ2) is 10.5. The maximum Gasteiger partial charge on any atom is 0.433 e. The van der Waals surface area contributed by atoms with E-state index in [9.17, 15) is 28.2 Å². The zero-order valence-electron chi connectivity index (χ0n) is 22.6. The highest BCUT2D eigenvalue weighted by Crippen LogP contribution is 2.51. The Bertz CT molecular complexity index is 1580. The fraction of sp³-hybridized carbons (Fsp3) is 0.393. The molecule has 1 fully saturated rings. The fourth-order valence-corrected chi connectivity index (χ4v) is 6.42. The molecular weight excluding hydrogens is 557 g/mol. The van der Waals surface area contributed by atoms with Gasteiger partial charge in [-0.25, -0.2) is 15.0 Å². The van der Waals surface area contributed by atoms with Crippen molar-refractivity contribution in [2.45, 2.75) is 58.4 Å². The summed E-state index contributed by atoms with van der Waals surface area (Å²) < 4.78 is 41.4. The Morgan fingerprint density at radius 2 is 1.93 bits per heavy atom. The SMILES string of the molecule is CCn1cc(-c2cc(Nc3nccc(C(F)(F)F)n3)cc(-c3cnc([C@]4(O)CC[C@@H](C(=O)O)C(C)(C)C4)s3)c2)cn1. The van der Waals surface area contributed by atoms with Crippen LogP contribution in [-0.2, 0) is 23.1 Å². The molecule has 9 nitrogen and oxygen atoms in total. The van der Waals surface area contributed by atoms with Crippen molar-refractivity contribution in [3.05, 3.63) is 59.8 Å². The molecule has 0 amide bonds. The molecule has 0 radical (unpaired) electrons. The number of halogens is 3. The largest absolute Gasteiger partial charge is 0.481 e. The number of carboxylic acids is 1. The summed E-state index contributed by atoms with van der Waals surface area (Å²) in [5.41, 5.74) is -0.231. The average Bonchev–Trinajstić information content (AvgIpc) is 3.58. The van der Waals surface area contributed by atoms with Crippen molar-refractivity contribution in [2.24, 2.45) is 11.3 Å². The third-order valence-corrected chi connectivity index (χ3v) is 8.69. The first-order valence-corrected chi connectivity index (χ1v) is 13.9. The molecule has 1 aliphatic carbocycles. The second-order valence-corrected chi connectivity index (χ2v) is 12.0. The Labute approximate surface area is 238 Å². The van der Waals surface area contributed by atoms with Gasteiger partial charge in [0.1, 0.15) is 16.3 Å². The first kappa shape index (κ1) is 28.7. The van der Waals surface area contributed by atoms with Crippen LogP contribution in [0.1, 0.15) is 50.7 Å². The van der Waals surface area contributed by atoms with Crippen LogP contribution >= 0.6 is 11.3 Å². The third-order valence-electron chi connectivity index (χ3n) is 7.45. The van der Waals surface area contributed by atoms with Crippen LogP contribution in [-0.4, -0.2) is 40.9 Å². The number of aryl methyl sites for hydroxylation is 1. The molecule has 3 heterocycles. The summed E-state index contributed by atoms with van der Waals surface area (Å²) in [7, 11) is 0. The van der Waals surface area contributed by atoms with Gasteiger partial charge in [0.05, 0.1) is 17.0 Å². The van der Waals surface area contributed by atoms with Crippen molar-refractivity contribution in [2.75, 3.05) is 5.32 Å². The monoisotopic (exact) mass is 586 g/mol. The molecular formula is C28H29F3N6O3S. The molecule has 216 valence electrons. The molecule has 0 spiro atoms. The number of alkyl halides is 3. The molecule has 0 aliphatic heterocycles. The van der Waals surface area contributed by atoms with Crippen molar-refractivity contribution < 1.29 is 28.2 Å². The van der Waals surface area contributed by atoms with Crippen LogP contribution in [0.5, 0.6) is 0 Å². The first-order chi connectivity index (χ1) is 19.3. The van der Waals surface area contributed by atoms with Crippen molar-refractivity contribution in [1.82, 2.24) is 24.7 Å². The lowest BCUT2D eigenvalue weighted by Gasteiger charge is -2.44. The second-order valence-electron chi connectivity index (χ2n) is 10.9. The van der Waals surface area contributed by atoms with Gasteiger partial charge < -0.3 is 15.5 Å². The first-order valence-electron chi connectivity index (χ1n) is 13.0. The van der Waals surface area contributed by atoms with Gasteiger partial charge in [0, 0.05) is 36.4 Å². The van der Waals surface area contributed by atoms with Gasteiger partial charge in [-0.3, -0.25) is 9.48 Å². The lowest BCUT2D eigenvalue weighted by molar-refractivity contribution is -0.154. The van der Waals surface area contributed by atoms with Gasteiger partial charge in [-0.15, -0.1) is 11.3 Å². The van der Waals surface area contributed by atoms with Crippen LogP contribution in [0.2, 0.25) is 0 Å². The van der Waals surface area contributed by atoms with Gasteiger partial charge in [0.2, 0.25) is 5.95 Å². The van der Waals surface area contributed by atoms with Gasteiger partial charge in [-0.1, -0.05) is 13.8 Å². The average molecular weight is 587 g/mol. The van der Waals surface area contributed by atoms with Crippen LogP contribution in [0.3, 0.4) is 0 Å². The molecule has 5 rings (SSSR count). The highest BCUT2D eigenvalue weighted by Gasteiger charge is 2.49. The highest BCUT2D eigenvalue weighted by atomic mass is 32.1. The standard InChI is InChI=1S/C28H29F3N6O3S/c1-4-37-14-18(12-34-37)16-9-17(11-19(10-16)35-25-32-8-6-22(36-25)28(29,30)31)21-13-33-24(41-21)27(40)7-5-20(23(38)39)26(2,3)15-27/h6,8-14,20,40H,4-5,7,15H2,1-3H3,(H,38,39)(H,32,35,36)/t20-,27-/m0/s1. The molecule has 4 aromatic rings. The van der Waals surface area contributed by atoms with Gasteiger partial charge in [0.15, 0.2) is 0 Å². The normalized spacial score (nSPS) is 20.6. The third kappa shape index (κ3) is 5.96. The molecule has 2 atom stereocenters. The summed E-state index contributed by atoms with van der Waals surface area (Å²) in [4.78, 5) is 24.6. The minimum absolute atomic E-state index is 0.205. The lowest BCUT2D eigenvalue weighted by Crippen LogP contribution is -2.44. The molecule has 0 saturated heterocycles. The Kier molecular flexibility index (Phi) is 7.36. The predicted molar refractivity (Wildman–Crippen MR) is 147 cm³/mol. The number of carboxylic acid groups (broad SMARTS) is 1. The Hall–Kier alpha value is -3.84. The van der Waals surface area contributed by atoms with Crippen molar-refractivity contribution in [3.63, 3.8) is 0 Å². The van der Waals surface area contributed by atoms with Crippen LogP contribution in [0, 0.1) is 11.3 Å². The van der Waals surface area contributed by atoms with E-state index in [1.807, 2.05) is 33.0 Å². The van der Waals surface area contributed by atoms with Crippen molar-refractivity contribution in [3.8, 4) is 21.6 Å². The number of aliphatic hydroxyl groups is 1. The fourth-order valence-electron chi connectivity index (χ4n) is 5.40. The van der Waals surface area contributed by atoms with E-state index < -0.39 is 34.8 Å². The number of thiazole rings is 1. The Balaban J connectivity index is 1.51. The maximum absolute atomic E-state index is 13.2. The van der Waals surface area contributed by atoms with Crippen molar-refractivity contribution >= 4 is 28.9 Å². The van der Waals surface area contributed by atoms with E-state index in [2.05, 4.69) is 25.4 Å². The van der Waals surface area contributed by atoms with Crippen LogP contribution in [0.25, 0.3) is 21.6 Å². The number of hydrogen-bond acceptors (Lipinski definition) is 8. The molecule has 3 N–H and O–H groups in total. The van der Waals surface area contributed by atoms with E-state index in [1.165, 1.54) is 11.3 Å². The Morgan fingerprint density at radius 1 is 1.17 bits per heavy atom. The van der Waals surface area contributed by atoms with Crippen LogP contribution in [0.4, 0.5) is 24.8 Å². The summed E-state index contributed by atoms with van der Waals surface area (Å²) >= 11 is 1.30. The van der Waals surface area contributed by atoms with Gasteiger partial charge >= 0.3 is 12.1 Å². The minimum atomic E-state index is -4.61. The number of carbonyl (C=O) groups is 1. The number of hydrogen-bond donors (Lipinski definition) is 3. The predicted octanol–water partition coefficient (Wildman–Crippen LogP) is 6.34. The zero-order valence-corrected chi connectivity index (χ0v) is 23.4. The lowest BCUT2D eigenvalue weighted by atomic mass is 9.63. The quantitative estimate of drug-likeness (QED) is 0.229. The number of aromatic nitrogens is 5. The number of benzene rings is 1. The smallest absolute Gasteiger partial charge is 0.433 e. The molecule has 3 aromatic heterocycles. The summed E-state index contributed by atoms with van der Waals surface area (Å²) in [6.45, 7) is 6.31. The van der Waals surface area contributed by atoms with E-state index >= 15 is 0 Å². The summed E-state index contributed by atoms with van der Waals surface area (Å²) in [5, 5.41) is 28.9. The molecule has 1 saturated carbocycles. The zero-order chi connectivity index (χ0) is 29.6. The number of aliphatic carboxylic acids is 1. The van der Waals surface area contributed by atoms with Gasteiger partial charge in [-0.05, 0) is 67.0 Å². The molecule has 13 heteroatoms. The molecule has 0 unspecified atom stereocenters. The van der Waals surface area contributed by atoms with Crippen LogP contribution in [0.15, 0.2) is 49.1 Å². The highest BCUT2D eigenvalue weighted by molar-refractivity contribution is 7.15. The summed E-state index contributed by atoms with van der Waals surface area (Å²) in [6, 6.07) is 6.25. The van der Waals surface area contributed by atoms with E-state index in [0.717, 1.165) is 28.3 Å². The maximum atomic E-state index is 13.2. The van der Waals surface area contributed by atoms with Crippen molar-refractivity contribution in [1.29, 1.82) is 0 Å². The number of anilines is 2. The number of rotatable bonds is 7. The minimum Gasteiger partial charge on any atom is -0.481 e. The summed E-state index contributed by atoms with van der Waals surface area (Å²) in [5.74, 6) is -1.64. The summed E-state index contributed by atoms with van der Waals surface area (Å²) in [6.07, 6.45) is 2.51. The van der Waals surface area contributed by atoms with E-state index in [1.54, 1.807) is 29.2 Å². The van der Waals surface area contributed by atoms with E-state index in [-0.39, 0.29) is 18.8 Å². The molecule has 41 heavy (non-hydrogen) atoms. The van der Waals surface area contributed by atoms with E-state index in [4.69, 9.17) is 0 Å². The number of nitrogens with zero attached hydrogens (tertiary/aromatic N) is 5. The number of nitrogens with one attached hydrogen (secondary N) is 1.